The first-order valence-electron chi connectivity index (χ1n) is 10.1. The van der Waals surface area contributed by atoms with Crippen LogP contribution < -0.4 is 5.32 Å². The number of sulfonamides is 1. The minimum atomic E-state index is -3.87. The van der Waals surface area contributed by atoms with Crippen LogP contribution in [0.3, 0.4) is 0 Å². The molecule has 3 aromatic carbocycles. The molecular formula is C24H24N4O3S. The highest BCUT2D eigenvalue weighted by Gasteiger charge is 2.24. The van der Waals surface area contributed by atoms with Crippen LogP contribution in [0.4, 0.5) is 5.69 Å². The second-order valence-corrected chi connectivity index (χ2v) is 9.80. The van der Waals surface area contributed by atoms with Gasteiger partial charge in [-0.25, -0.2) is 13.4 Å². The molecule has 8 heteroatoms. The Bertz CT molecular complexity index is 1400. The van der Waals surface area contributed by atoms with Crippen LogP contribution >= 0.6 is 0 Å². The van der Waals surface area contributed by atoms with Crippen molar-refractivity contribution in [3.63, 3.8) is 0 Å². The van der Waals surface area contributed by atoms with Crippen LogP contribution in [-0.2, 0) is 14.8 Å². The smallest absolute Gasteiger partial charge is 0.243 e. The van der Waals surface area contributed by atoms with Crippen molar-refractivity contribution >= 4 is 32.7 Å². The number of likely N-dealkylation sites (N-methyl/N-ethyl adjacent to an activating group) is 1. The number of amides is 1. The molecule has 7 nitrogen and oxygen atoms in total. The van der Waals surface area contributed by atoms with E-state index in [1.54, 1.807) is 12.1 Å². The number of fused-ring (bicyclic) bond motifs is 1. The summed E-state index contributed by atoms with van der Waals surface area (Å²) in [5, 5.41) is 2.80. The normalized spacial score (nSPS) is 11.8. The number of rotatable bonds is 6. The third kappa shape index (κ3) is 4.42. The number of aromatic amines is 1. The van der Waals surface area contributed by atoms with Gasteiger partial charge in [0.25, 0.3) is 0 Å². The van der Waals surface area contributed by atoms with Crippen LogP contribution in [0.1, 0.15) is 11.1 Å². The van der Waals surface area contributed by atoms with E-state index in [0.29, 0.717) is 22.5 Å². The summed E-state index contributed by atoms with van der Waals surface area (Å²) in [5.74, 6) is 0.259. The van der Waals surface area contributed by atoms with Crippen LogP contribution in [-0.4, -0.2) is 42.2 Å². The van der Waals surface area contributed by atoms with Crippen molar-refractivity contribution < 1.29 is 13.2 Å². The third-order valence-corrected chi connectivity index (χ3v) is 7.04. The van der Waals surface area contributed by atoms with E-state index in [1.165, 1.54) is 13.1 Å². The van der Waals surface area contributed by atoms with Crippen LogP contribution in [0.5, 0.6) is 0 Å². The Kier molecular flexibility index (Phi) is 5.82. The SMILES string of the molecule is Cc1ccc(C)c(NC(=O)CN(C)S(=O)(=O)c2ccc3nc(-c4ccccc4)[nH]c3c2)c1. The largest absolute Gasteiger partial charge is 0.338 e. The fraction of sp³-hybridized carbons (Fsp3) is 0.167. The molecule has 164 valence electrons. The molecule has 4 rings (SSSR count). The van der Waals surface area contributed by atoms with E-state index in [4.69, 9.17) is 0 Å². The quantitative estimate of drug-likeness (QED) is 0.464. The fourth-order valence-corrected chi connectivity index (χ4v) is 4.56. The van der Waals surface area contributed by atoms with Crippen molar-refractivity contribution in [3.05, 3.63) is 77.9 Å². The highest BCUT2D eigenvalue weighted by Crippen LogP contribution is 2.24. The molecule has 0 aliphatic heterocycles. The van der Waals surface area contributed by atoms with Gasteiger partial charge in [-0.3, -0.25) is 4.79 Å². The predicted octanol–water partition coefficient (Wildman–Crippen LogP) is 4.11. The second kappa shape index (κ2) is 8.57. The first-order valence-corrected chi connectivity index (χ1v) is 11.6. The highest BCUT2D eigenvalue weighted by molar-refractivity contribution is 7.89. The molecule has 0 radical (unpaired) electrons. The van der Waals surface area contributed by atoms with Crippen molar-refractivity contribution in [1.29, 1.82) is 0 Å². The number of H-pyrrole nitrogens is 1. The van der Waals surface area contributed by atoms with E-state index in [-0.39, 0.29) is 11.4 Å². The Morgan fingerprint density at radius 2 is 1.78 bits per heavy atom. The van der Waals surface area contributed by atoms with Crippen molar-refractivity contribution in [2.75, 3.05) is 18.9 Å². The van der Waals surface area contributed by atoms with Gasteiger partial charge in [0.1, 0.15) is 5.82 Å². The molecule has 1 aromatic heterocycles. The van der Waals surface area contributed by atoms with Crippen molar-refractivity contribution in [2.24, 2.45) is 0 Å². The van der Waals surface area contributed by atoms with Crippen molar-refractivity contribution in [3.8, 4) is 11.4 Å². The maximum absolute atomic E-state index is 13.1. The monoisotopic (exact) mass is 448 g/mol. The maximum atomic E-state index is 13.1. The zero-order chi connectivity index (χ0) is 22.9. The zero-order valence-corrected chi connectivity index (χ0v) is 18.9. The molecule has 1 amide bonds. The number of anilines is 1. The number of hydrogen-bond donors (Lipinski definition) is 2. The van der Waals surface area contributed by atoms with Gasteiger partial charge in [0, 0.05) is 18.3 Å². The Morgan fingerprint density at radius 3 is 2.53 bits per heavy atom. The Hall–Kier alpha value is -3.49. The van der Waals surface area contributed by atoms with Gasteiger partial charge < -0.3 is 10.3 Å². The molecule has 0 aliphatic carbocycles. The highest BCUT2D eigenvalue weighted by atomic mass is 32.2. The van der Waals surface area contributed by atoms with E-state index < -0.39 is 15.9 Å². The number of carbonyl (C=O) groups excluding carboxylic acids is 1. The van der Waals surface area contributed by atoms with Gasteiger partial charge in [-0.1, -0.05) is 42.5 Å². The number of aryl methyl sites for hydroxylation is 2. The minimum Gasteiger partial charge on any atom is -0.338 e. The number of carbonyl (C=O) groups is 1. The predicted molar refractivity (Wildman–Crippen MR) is 126 cm³/mol. The zero-order valence-electron chi connectivity index (χ0n) is 18.1. The van der Waals surface area contributed by atoms with E-state index in [9.17, 15) is 13.2 Å². The first-order chi connectivity index (χ1) is 15.2. The van der Waals surface area contributed by atoms with Gasteiger partial charge >= 0.3 is 0 Å². The molecule has 1 heterocycles. The molecule has 0 fully saturated rings. The summed E-state index contributed by atoms with van der Waals surface area (Å²) in [6, 6.07) is 20.0. The summed E-state index contributed by atoms with van der Waals surface area (Å²) in [7, 11) is -2.47. The molecule has 0 spiro atoms. The minimum absolute atomic E-state index is 0.0929. The van der Waals surface area contributed by atoms with Crippen LogP contribution in [0.2, 0.25) is 0 Å². The molecule has 0 bridgehead atoms. The summed E-state index contributed by atoms with van der Waals surface area (Å²) in [4.78, 5) is 20.3. The molecule has 0 unspecified atom stereocenters. The van der Waals surface area contributed by atoms with Crippen LogP contribution in [0, 0.1) is 13.8 Å². The molecule has 4 aromatic rings. The number of hydrogen-bond acceptors (Lipinski definition) is 4. The van der Waals surface area contributed by atoms with Gasteiger partial charge in [-0.05, 0) is 49.2 Å². The lowest BCUT2D eigenvalue weighted by Gasteiger charge is -2.17. The summed E-state index contributed by atoms with van der Waals surface area (Å²) < 4.78 is 27.2. The topological polar surface area (TPSA) is 95.2 Å². The standard InChI is InChI=1S/C24H24N4O3S/c1-16-9-10-17(2)21(13-16)25-23(29)15-28(3)32(30,31)19-11-12-20-22(14-19)27-24(26-20)18-7-5-4-6-8-18/h4-14H,15H2,1-3H3,(H,25,29)(H,26,27). The number of aromatic nitrogens is 2. The van der Waals surface area contributed by atoms with Crippen molar-refractivity contribution in [2.45, 2.75) is 18.7 Å². The molecule has 2 N–H and O–H groups in total. The lowest BCUT2D eigenvalue weighted by Crippen LogP contribution is -2.35. The van der Waals surface area contributed by atoms with E-state index in [0.717, 1.165) is 21.0 Å². The van der Waals surface area contributed by atoms with E-state index in [2.05, 4.69) is 15.3 Å². The van der Waals surface area contributed by atoms with Gasteiger partial charge in [0.15, 0.2) is 0 Å². The Morgan fingerprint density at radius 1 is 1.03 bits per heavy atom. The molecule has 32 heavy (non-hydrogen) atoms. The number of benzene rings is 3. The Labute approximate surface area is 187 Å². The summed E-state index contributed by atoms with van der Waals surface area (Å²) in [6.45, 7) is 3.52. The van der Waals surface area contributed by atoms with Crippen LogP contribution in [0.25, 0.3) is 22.4 Å². The van der Waals surface area contributed by atoms with E-state index >= 15 is 0 Å². The summed E-state index contributed by atoms with van der Waals surface area (Å²) in [6.07, 6.45) is 0. The number of nitrogens with one attached hydrogen (secondary N) is 2. The Balaban J connectivity index is 1.54. The van der Waals surface area contributed by atoms with Crippen molar-refractivity contribution in [1.82, 2.24) is 14.3 Å². The average molecular weight is 449 g/mol. The molecule has 0 aliphatic rings. The number of nitrogens with zero attached hydrogens (tertiary/aromatic N) is 2. The fourth-order valence-electron chi connectivity index (χ4n) is 3.41. The third-order valence-electron chi connectivity index (χ3n) is 5.24. The van der Waals surface area contributed by atoms with Gasteiger partial charge in [0.2, 0.25) is 15.9 Å². The number of imidazole rings is 1. The van der Waals surface area contributed by atoms with Gasteiger partial charge in [0.05, 0.1) is 22.5 Å². The van der Waals surface area contributed by atoms with Gasteiger partial charge in [-0.15, -0.1) is 0 Å². The second-order valence-electron chi connectivity index (χ2n) is 7.76. The van der Waals surface area contributed by atoms with Crippen LogP contribution in [0.15, 0.2) is 71.6 Å². The maximum Gasteiger partial charge on any atom is 0.243 e. The molecule has 0 saturated heterocycles. The average Bonchev–Trinajstić information content (AvgIpc) is 3.20. The lowest BCUT2D eigenvalue weighted by molar-refractivity contribution is -0.116. The summed E-state index contributed by atoms with van der Waals surface area (Å²) >= 11 is 0. The summed E-state index contributed by atoms with van der Waals surface area (Å²) in [5.41, 5.74) is 4.78. The first kappa shape index (κ1) is 21.7. The molecule has 0 atom stereocenters. The van der Waals surface area contributed by atoms with Gasteiger partial charge in [-0.2, -0.15) is 4.31 Å². The molecular weight excluding hydrogens is 424 g/mol. The lowest BCUT2D eigenvalue weighted by atomic mass is 10.1. The van der Waals surface area contributed by atoms with E-state index in [1.807, 2.05) is 62.4 Å². The molecule has 0 saturated carbocycles.